The van der Waals surface area contributed by atoms with Crippen LogP contribution >= 0.6 is 0 Å². The zero-order chi connectivity index (χ0) is 27.4. The Balaban J connectivity index is 1.62. The molecule has 1 amide bonds. The highest BCUT2D eigenvalue weighted by Gasteiger charge is 2.60. The summed E-state index contributed by atoms with van der Waals surface area (Å²) >= 11 is 0. The highest BCUT2D eigenvalue weighted by atomic mass is 19.4. The molecule has 16 heteroatoms. The van der Waals surface area contributed by atoms with Crippen molar-refractivity contribution in [3.8, 4) is 5.75 Å². The lowest BCUT2D eigenvalue weighted by molar-refractivity contribution is -0.308. The van der Waals surface area contributed by atoms with Gasteiger partial charge in [0.2, 0.25) is 0 Å². The van der Waals surface area contributed by atoms with Crippen LogP contribution < -0.4 is 4.74 Å². The molecule has 0 bridgehead atoms. The molecule has 0 atom stereocenters. The molecule has 0 unspecified atom stereocenters. The van der Waals surface area contributed by atoms with Crippen molar-refractivity contribution < 1.29 is 58.5 Å². The third-order valence-corrected chi connectivity index (χ3v) is 5.70. The third-order valence-electron chi connectivity index (χ3n) is 5.70. The number of benzene rings is 1. The molecule has 7 nitrogen and oxygen atoms in total. The Morgan fingerprint density at radius 3 is 1.95 bits per heavy atom. The van der Waals surface area contributed by atoms with Gasteiger partial charge in [0.05, 0.1) is 13.2 Å². The van der Waals surface area contributed by atoms with Crippen molar-refractivity contribution in [2.75, 3.05) is 52.5 Å². The number of amides is 1. The number of rotatable bonds is 6. The minimum atomic E-state index is -5.83. The SMILES string of the molecule is O=C(OC(C(F)(F)F)C(F)(F)F)N1CCN(Cc2ccc(CN3CCOCC3)cc2OC(F)(F)F)CC1. The quantitative estimate of drug-likeness (QED) is 0.494. The highest BCUT2D eigenvalue weighted by molar-refractivity contribution is 5.68. The van der Waals surface area contributed by atoms with Crippen LogP contribution in [0.25, 0.3) is 0 Å². The van der Waals surface area contributed by atoms with Crippen LogP contribution in [-0.4, -0.2) is 98.1 Å². The zero-order valence-corrected chi connectivity index (χ0v) is 19.3. The number of hydrogen-bond acceptors (Lipinski definition) is 6. The molecule has 0 saturated carbocycles. The van der Waals surface area contributed by atoms with Gasteiger partial charge < -0.3 is 19.1 Å². The van der Waals surface area contributed by atoms with E-state index >= 15 is 0 Å². The molecule has 0 N–H and O–H groups in total. The van der Waals surface area contributed by atoms with Crippen molar-refractivity contribution in [1.82, 2.24) is 14.7 Å². The normalized spacial score (nSPS) is 18.8. The molecule has 1 aromatic carbocycles. The monoisotopic (exact) mass is 553 g/mol. The van der Waals surface area contributed by atoms with Crippen LogP contribution in [0, 0.1) is 0 Å². The van der Waals surface area contributed by atoms with E-state index in [0.717, 1.165) is 0 Å². The molecule has 3 rings (SSSR count). The predicted octanol–water partition coefficient (Wildman–Crippen LogP) is 4.16. The number of piperazine rings is 1. The van der Waals surface area contributed by atoms with Crippen molar-refractivity contribution in [3.63, 3.8) is 0 Å². The third kappa shape index (κ3) is 8.81. The van der Waals surface area contributed by atoms with Gasteiger partial charge in [-0.1, -0.05) is 12.1 Å². The molecule has 0 aliphatic carbocycles. The van der Waals surface area contributed by atoms with Gasteiger partial charge >= 0.3 is 24.8 Å². The molecule has 0 radical (unpaired) electrons. The molecular weight excluding hydrogens is 529 g/mol. The molecule has 210 valence electrons. The van der Waals surface area contributed by atoms with E-state index in [1.54, 1.807) is 11.0 Å². The van der Waals surface area contributed by atoms with Gasteiger partial charge in [-0.3, -0.25) is 9.80 Å². The predicted molar refractivity (Wildman–Crippen MR) is 108 cm³/mol. The molecular formula is C21H24F9N3O4. The van der Waals surface area contributed by atoms with Gasteiger partial charge in [0.15, 0.2) is 0 Å². The van der Waals surface area contributed by atoms with Gasteiger partial charge in [0.25, 0.3) is 6.10 Å². The van der Waals surface area contributed by atoms with Gasteiger partial charge in [-0.15, -0.1) is 13.2 Å². The molecule has 2 saturated heterocycles. The zero-order valence-electron chi connectivity index (χ0n) is 19.3. The van der Waals surface area contributed by atoms with E-state index < -0.39 is 36.7 Å². The van der Waals surface area contributed by atoms with E-state index in [9.17, 15) is 44.3 Å². The second-order valence-corrected chi connectivity index (χ2v) is 8.49. The van der Waals surface area contributed by atoms with Crippen LogP contribution in [0.4, 0.5) is 44.3 Å². The second kappa shape index (κ2) is 11.5. The van der Waals surface area contributed by atoms with Crippen molar-refractivity contribution in [1.29, 1.82) is 0 Å². The molecule has 37 heavy (non-hydrogen) atoms. The summed E-state index contributed by atoms with van der Waals surface area (Å²) in [5.74, 6) is -0.418. The summed E-state index contributed by atoms with van der Waals surface area (Å²) in [5, 5.41) is 0. The van der Waals surface area contributed by atoms with Crippen LogP contribution in [-0.2, 0) is 22.6 Å². The highest BCUT2D eigenvalue weighted by Crippen LogP contribution is 2.36. The summed E-state index contributed by atoms with van der Waals surface area (Å²) in [6.45, 7) is 1.96. The Kier molecular flexibility index (Phi) is 9.06. The van der Waals surface area contributed by atoms with E-state index in [4.69, 9.17) is 4.74 Å². The van der Waals surface area contributed by atoms with Crippen LogP contribution in [0.15, 0.2) is 18.2 Å². The summed E-state index contributed by atoms with van der Waals surface area (Å²) < 4.78 is 128. The topological polar surface area (TPSA) is 54.5 Å². The van der Waals surface area contributed by atoms with Crippen molar-refractivity contribution in [2.24, 2.45) is 0 Å². The van der Waals surface area contributed by atoms with Gasteiger partial charge in [0, 0.05) is 57.9 Å². The number of carbonyl (C=O) groups is 1. The Hall–Kier alpha value is -2.46. The molecule has 1 aromatic rings. The largest absolute Gasteiger partial charge is 0.573 e. The Labute approximate surface area is 205 Å². The smallest absolute Gasteiger partial charge is 0.426 e. The first-order chi connectivity index (χ1) is 17.1. The van der Waals surface area contributed by atoms with E-state index in [0.29, 0.717) is 43.3 Å². The minimum Gasteiger partial charge on any atom is -0.426 e. The van der Waals surface area contributed by atoms with E-state index in [2.05, 4.69) is 9.47 Å². The molecule has 0 spiro atoms. The van der Waals surface area contributed by atoms with Gasteiger partial charge in [-0.05, 0) is 11.6 Å². The Morgan fingerprint density at radius 1 is 0.838 bits per heavy atom. The number of halogens is 9. The van der Waals surface area contributed by atoms with Crippen molar-refractivity contribution in [3.05, 3.63) is 29.3 Å². The first-order valence-corrected chi connectivity index (χ1v) is 11.1. The number of alkyl halides is 9. The molecule has 0 aromatic heterocycles. The summed E-state index contributed by atoms with van der Waals surface area (Å²) in [5.41, 5.74) is 0.759. The number of ether oxygens (including phenoxy) is 3. The van der Waals surface area contributed by atoms with E-state index in [-0.39, 0.29) is 38.3 Å². The second-order valence-electron chi connectivity index (χ2n) is 8.49. The van der Waals surface area contributed by atoms with Crippen molar-refractivity contribution >= 4 is 6.09 Å². The first-order valence-electron chi connectivity index (χ1n) is 11.1. The fourth-order valence-corrected chi connectivity index (χ4v) is 3.89. The summed E-state index contributed by atoms with van der Waals surface area (Å²) in [4.78, 5) is 16.2. The van der Waals surface area contributed by atoms with E-state index in [1.807, 2.05) is 4.90 Å². The number of nitrogens with zero attached hydrogens (tertiary/aromatic N) is 3. The van der Waals surface area contributed by atoms with Crippen LogP contribution in [0.1, 0.15) is 11.1 Å². The lowest BCUT2D eigenvalue weighted by atomic mass is 10.1. The lowest BCUT2D eigenvalue weighted by Gasteiger charge is -2.35. The number of carbonyl (C=O) groups excluding carboxylic acids is 1. The fraction of sp³-hybridized carbons (Fsp3) is 0.667. The Morgan fingerprint density at radius 2 is 1.41 bits per heavy atom. The summed E-state index contributed by atoms with van der Waals surface area (Å²) in [6, 6.07) is 4.39. The first kappa shape index (κ1) is 29.1. The van der Waals surface area contributed by atoms with Gasteiger partial charge in [-0.25, -0.2) is 4.79 Å². The van der Waals surface area contributed by atoms with Crippen LogP contribution in [0.3, 0.4) is 0 Å². The molecule has 2 fully saturated rings. The average molecular weight is 553 g/mol. The maximum atomic E-state index is 13.0. The maximum Gasteiger partial charge on any atom is 0.573 e. The number of hydrogen-bond donors (Lipinski definition) is 0. The van der Waals surface area contributed by atoms with Gasteiger partial charge in [0.1, 0.15) is 5.75 Å². The van der Waals surface area contributed by atoms with Crippen LogP contribution in [0.5, 0.6) is 5.75 Å². The summed E-state index contributed by atoms with van der Waals surface area (Å²) in [6.07, 6.45) is -22.7. The molecule has 2 aliphatic heterocycles. The van der Waals surface area contributed by atoms with Crippen molar-refractivity contribution in [2.45, 2.75) is 37.9 Å². The minimum absolute atomic E-state index is 0.0290. The Bertz CT molecular complexity index is 896. The van der Waals surface area contributed by atoms with Crippen LogP contribution in [0.2, 0.25) is 0 Å². The fourth-order valence-electron chi connectivity index (χ4n) is 3.89. The number of morpholine rings is 1. The molecule has 2 aliphatic rings. The lowest BCUT2D eigenvalue weighted by Crippen LogP contribution is -2.52. The molecule has 2 heterocycles. The maximum absolute atomic E-state index is 13.0. The van der Waals surface area contributed by atoms with Gasteiger partial charge in [-0.2, -0.15) is 26.3 Å². The summed E-state index contributed by atoms with van der Waals surface area (Å²) in [7, 11) is 0. The standard InChI is InChI=1S/C21H24F9N3O4/c22-19(23,24)17(20(25,26)27)36-18(34)33-5-3-31(4-6-33)13-15-2-1-14(11-16(15)37-21(28,29)30)12-32-7-9-35-10-8-32/h1-2,11,17H,3-10,12-13H2. The average Bonchev–Trinajstić information content (AvgIpc) is 2.77. The van der Waals surface area contributed by atoms with E-state index in [1.165, 1.54) is 12.1 Å².